The molecule has 1 saturated heterocycles. The van der Waals surface area contributed by atoms with Gasteiger partial charge in [0.15, 0.2) is 0 Å². The van der Waals surface area contributed by atoms with Gasteiger partial charge in [-0.2, -0.15) is 0 Å². The average molecular weight is 291 g/mol. The number of para-hydroxylation sites is 1. The normalized spacial score (nSPS) is 27.5. The second kappa shape index (κ2) is 5.73. The maximum atomic E-state index is 12.5. The van der Waals surface area contributed by atoms with Crippen molar-refractivity contribution in [2.24, 2.45) is 5.92 Å². The Kier molecular flexibility index (Phi) is 3.79. The summed E-state index contributed by atoms with van der Waals surface area (Å²) < 4.78 is 10.7. The highest BCUT2D eigenvalue weighted by Gasteiger charge is 2.37. The van der Waals surface area contributed by atoms with Gasteiger partial charge in [0.25, 0.3) is 0 Å². The van der Waals surface area contributed by atoms with Crippen molar-refractivity contribution in [1.29, 1.82) is 0 Å². The predicted molar refractivity (Wildman–Crippen MR) is 73.2 cm³/mol. The Labute approximate surface area is 122 Å². The van der Waals surface area contributed by atoms with Crippen molar-refractivity contribution in [3.63, 3.8) is 0 Å². The minimum absolute atomic E-state index is 0.143. The van der Waals surface area contributed by atoms with Gasteiger partial charge in [-0.15, -0.1) is 0 Å². The fourth-order valence-corrected chi connectivity index (χ4v) is 2.84. The first-order valence-corrected chi connectivity index (χ1v) is 6.99. The molecule has 1 amide bonds. The lowest BCUT2D eigenvalue weighted by Gasteiger charge is -2.26. The predicted octanol–water partition coefficient (Wildman–Crippen LogP) is 0.768. The van der Waals surface area contributed by atoms with Gasteiger partial charge in [-0.05, 0) is 12.5 Å². The van der Waals surface area contributed by atoms with Crippen LogP contribution in [0, 0.1) is 5.92 Å². The van der Waals surface area contributed by atoms with Crippen molar-refractivity contribution in [3.8, 4) is 5.75 Å². The summed E-state index contributed by atoms with van der Waals surface area (Å²) >= 11 is 0. The van der Waals surface area contributed by atoms with Crippen LogP contribution in [0.15, 0.2) is 24.3 Å². The number of fused-ring (bicyclic) bond motifs is 1. The number of amides is 1. The van der Waals surface area contributed by atoms with E-state index in [4.69, 9.17) is 14.6 Å². The number of carboxylic acid groups (broad SMARTS) is 1. The molecule has 2 aliphatic heterocycles. The van der Waals surface area contributed by atoms with E-state index >= 15 is 0 Å². The van der Waals surface area contributed by atoms with Gasteiger partial charge in [0, 0.05) is 5.56 Å². The largest absolute Gasteiger partial charge is 0.493 e. The number of carbonyl (C=O) groups is 2. The quantitative estimate of drug-likeness (QED) is 0.859. The van der Waals surface area contributed by atoms with Crippen molar-refractivity contribution in [3.05, 3.63) is 29.8 Å². The molecular formula is C15H17NO5. The van der Waals surface area contributed by atoms with Crippen LogP contribution in [0.25, 0.3) is 0 Å². The van der Waals surface area contributed by atoms with Crippen LogP contribution in [0.5, 0.6) is 5.75 Å². The highest BCUT2D eigenvalue weighted by Crippen LogP contribution is 2.33. The summed E-state index contributed by atoms with van der Waals surface area (Å²) in [6.45, 7) is 0.872. The van der Waals surface area contributed by atoms with Crippen molar-refractivity contribution in [1.82, 2.24) is 5.32 Å². The van der Waals surface area contributed by atoms with Gasteiger partial charge in [0.2, 0.25) is 5.91 Å². The number of aliphatic carboxylic acids is 1. The number of rotatable bonds is 3. The fourth-order valence-electron chi connectivity index (χ4n) is 2.84. The molecule has 0 saturated carbocycles. The van der Waals surface area contributed by atoms with Crippen molar-refractivity contribution in [2.75, 3.05) is 19.8 Å². The molecule has 1 aromatic carbocycles. The number of hydrogen-bond acceptors (Lipinski definition) is 4. The molecule has 0 aliphatic carbocycles. The van der Waals surface area contributed by atoms with E-state index < -0.39 is 17.9 Å². The summed E-state index contributed by atoms with van der Waals surface area (Å²) in [6.07, 6.45) is 0.591. The number of hydrogen-bond donors (Lipinski definition) is 2. The maximum Gasteiger partial charge on any atom is 0.311 e. The van der Waals surface area contributed by atoms with E-state index in [1.807, 2.05) is 24.3 Å². The molecule has 1 aromatic rings. The molecule has 6 heteroatoms. The molecule has 0 aromatic heterocycles. The van der Waals surface area contributed by atoms with Gasteiger partial charge in [-0.25, -0.2) is 0 Å². The Morgan fingerprint density at radius 1 is 1.24 bits per heavy atom. The molecule has 3 unspecified atom stereocenters. The van der Waals surface area contributed by atoms with Crippen molar-refractivity contribution >= 4 is 11.9 Å². The molecule has 6 nitrogen and oxygen atoms in total. The van der Waals surface area contributed by atoms with Gasteiger partial charge in [-0.1, -0.05) is 18.2 Å². The molecule has 2 N–H and O–H groups in total. The molecule has 3 atom stereocenters. The van der Waals surface area contributed by atoms with Gasteiger partial charge in [0.1, 0.15) is 11.7 Å². The van der Waals surface area contributed by atoms with Crippen LogP contribution >= 0.6 is 0 Å². The van der Waals surface area contributed by atoms with Gasteiger partial charge in [0.05, 0.1) is 31.8 Å². The molecule has 2 heterocycles. The van der Waals surface area contributed by atoms with Crippen LogP contribution in [-0.4, -0.2) is 42.8 Å². The molecule has 0 bridgehead atoms. The molecule has 112 valence electrons. The highest BCUT2D eigenvalue weighted by molar-refractivity contribution is 5.85. The number of nitrogens with one attached hydrogen (secondary N) is 1. The topological polar surface area (TPSA) is 84.9 Å². The number of ether oxygens (including phenoxy) is 2. The summed E-state index contributed by atoms with van der Waals surface area (Å²) in [4.78, 5) is 23.6. The summed E-state index contributed by atoms with van der Waals surface area (Å²) in [6, 6.07) is 6.98. The van der Waals surface area contributed by atoms with E-state index in [-0.39, 0.29) is 25.0 Å². The zero-order valence-electron chi connectivity index (χ0n) is 11.5. The summed E-state index contributed by atoms with van der Waals surface area (Å²) in [7, 11) is 0. The van der Waals surface area contributed by atoms with Crippen LogP contribution in [0.4, 0.5) is 0 Å². The standard InChI is InChI=1S/C15H17NO5/c17-14(16-12-8-20-7-11(12)15(18)19)10-5-6-21-13-4-2-1-3-9(10)13/h1-4,10-12H,5-8H2,(H,16,17)(H,18,19). The third kappa shape index (κ3) is 2.71. The Morgan fingerprint density at radius 3 is 2.86 bits per heavy atom. The Morgan fingerprint density at radius 2 is 2.05 bits per heavy atom. The lowest BCUT2D eigenvalue weighted by atomic mass is 9.91. The molecule has 2 aliphatic rings. The van der Waals surface area contributed by atoms with Crippen molar-refractivity contribution in [2.45, 2.75) is 18.4 Å². The number of carbonyl (C=O) groups excluding carboxylic acids is 1. The molecule has 21 heavy (non-hydrogen) atoms. The summed E-state index contributed by atoms with van der Waals surface area (Å²) in [5, 5.41) is 11.9. The summed E-state index contributed by atoms with van der Waals surface area (Å²) in [5.41, 5.74) is 0.854. The molecule has 0 radical (unpaired) electrons. The third-order valence-electron chi connectivity index (χ3n) is 4.00. The van der Waals surface area contributed by atoms with Crippen LogP contribution in [-0.2, 0) is 14.3 Å². The van der Waals surface area contributed by atoms with Crippen LogP contribution in [0.2, 0.25) is 0 Å². The Hall–Kier alpha value is -2.08. The molecular weight excluding hydrogens is 274 g/mol. The minimum atomic E-state index is -0.940. The van der Waals surface area contributed by atoms with Gasteiger partial charge in [-0.3, -0.25) is 9.59 Å². The number of carboxylic acids is 1. The SMILES string of the molecule is O=C(NC1COCC1C(=O)O)C1CCOc2ccccc21. The third-order valence-corrected chi connectivity index (χ3v) is 4.00. The van der Waals surface area contributed by atoms with E-state index in [1.165, 1.54) is 0 Å². The van der Waals surface area contributed by atoms with E-state index in [2.05, 4.69) is 5.32 Å². The average Bonchev–Trinajstić information content (AvgIpc) is 2.95. The smallest absolute Gasteiger partial charge is 0.311 e. The second-order valence-corrected chi connectivity index (χ2v) is 5.32. The van der Waals surface area contributed by atoms with E-state index in [0.29, 0.717) is 13.0 Å². The lowest BCUT2D eigenvalue weighted by Crippen LogP contribution is -2.45. The monoisotopic (exact) mass is 291 g/mol. The number of benzene rings is 1. The Bertz CT molecular complexity index is 559. The van der Waals surface area contributed by atoms with Gasteiger partial charge >= 0.3 is 5.97 Å². The molecule has 0 spiro atoms. The van der Waals surface area contributed by atoms with E-state index in [0.717, 1.165) is 11.3 Å². The molecule has 3 rings (SSSR count). The first kappa shape index (κ1) is 13.9. The van der Waals surface area contributed by atoms with Crippen molar-refractivity contribution < 1.29 is 24.2 Å². The second-order valence-electron chi connectivity index (χ2n) is 5.32. The van der Waals surface area contributed by atoms with Gasteiger partial charge < -0.3 is 19.9 Å². The van der Waals surface area contributed by atoms with E-state index in [9.17, 15) is 9.59 Å². The minimum Gasteiger partial charge on any atom is -0.493 e. The maximum absolute atomic E-state index is 12.5. The fraction of sp³-hybridized carbons (Fsp3) is 0.467. The lowest BCUT2D eigenvalue weighted by molar-refractivity contribution is -0.142. The summed E-state index contributed by atoms with van der Waals surface area (Å²) in [5.74, 6) is -1.35. The van der Waals surface area contributed by atoms with Crippen LogP contribution in [0.1, 0.15) is 17.9 Å². The molecule has 1 fully saturated rings. The van der Waals surface area contributed by atoms with Crippen LogP contribution in [0.3, 0.4) is 0 Å². The zero-order chi connectivity index (χ0) is 14.8. The van der Waals surface area contributed by atoms with E-state index in [1.54, 1.807) is 0 Å². The highest BCUT2D eigenvalue weighted by atomic mass is 16.5. The zero-order valence-corrected chi connectivity index (χ0v) is 11.5. The van der Waals surface area contributed by atoms with Crippen LogP contribution < -0.4 is 10.1 Å². The Balaban J connectivity index is 1.73. The first-order valence-electron chi connectivity index (χ1n) is 6.99. The first-order chi connectivity index (χ1) is 10.2.